The molecule has 2 N–H and O–H groups in total. The highest BCUT2D eigenvalue weighted by molar-refractivity contribution is 5.66. The number of likely N-dealkylation sites (tertiary alicyclic amines) is 1. The summed E-state index contributed by atoms with van der Waals surface area (Å²) in [6.07, 6.45) is 5.98. The highest BCUT2D eigenvalue weighted by Gasteiger charge is 2.21. The fourth-order valence-corrected chi connectivity index (χ4v) is 3.91. The molecule has 0 saturated carbocycles. The van der Waals surface area contributed by atoms with E-state index in [4.69, 9.17) is 0 Å². The smallest absolute Gasteiger partial charge is 0.148 e. The number of aryl methyl sites for hydroxylation is 2. The number of nitrogens with one attached hydrogen (secondary N) is 2. The zero-order chi connectivity index (χ0) is 19.2. The Morgan fingerprint density at radius 3 is 2.85 bits per heavy atom. The molecule has 1 saturated heterocycles. The predicted octanol–water partition coefficient (Wildman–Crippen LogP) is 3.04. The van der Waals surface area contributed by atoms with Gasteiger partial charge in [0.2, 0.25) is 0 Å². The lowest BCUT2D eigenvalue weighted by Crippen LogP contribution is -2.35. The molecule has 27 heavy (non-hydrogen) atoms. The molecule has 0 aliphatic carbocycles. The molecular formula is C21H29N5O. The molecule has 6 nitrogen and oxygen atoms in total. The third-order valence-corrected chi connectivity index (χ3v) is 5.01. The molecule has 3 heterocycles. The summed E-state index contributed by atoms with van der Waals surface area (Å²) < 4.78 is 0. The minimum Gasteiger partial charge on any atom is -0.356 e. The summed E-state index contributed by atoms with van der Waals surface area (Å²) in [6.45, 7) is 10.8. The normalized spacial score (nSPS) is 18.8. The van der Waals surface area contributed by atoms with E-state index >= 15 is 0 Å². The highest BCUT2D eigenvalue weighted by Crippen LogP contribution is 2.23. The van der Waals surface area contributed by atoms with Crippen molar-refractivity contribution >= 4 is 12.1 Å². The number of piperidine rings is 1. The van der Waals surface area contributed by atoms with Crippen LogP contribution in [0.1, 0.15) is 35.5 Å². The van der Waals surface area contributed by atoms with Gasteiger partial charge in [0.05, 0.1) is 5.69 Å². The molecule has 1 fully saturated rings. The zero-order valence-corrected chi connectivity index (χ0v) is 16.2. The largest absolute Gasteiger partial charge is 0.356 e. The number of rotatable bonds is 8. The van der Waals surface area contributed by atoms with Crippen LogP contribution < -0.4 is 5.32 Å². The second-order valence-corrected chi connectivity index (χ2v) is 7.53. The first-order valence-corrected chi connectivity index (χ1v) is 9.61. The predicted molar refractivity (Wildman–Crippen MR) is 108 cm³/mol. The molecule has 0 radical (unpaired) electrons. The molecule has 2 aromatic rings. The second kappa shape index (κ2) is 8.95. The van der Waals surface area contributed by atoms with Gasteiger partial charge in [-0.1, -0.05) is 6.08 Å². The fourth-order valence-electron chi connectivity index (χ4n) is 3.91. The zero-order valence-electron chi connectivity index (χ0n) is 16.2. The maximum atomic E-state index is 10.9. The molecule has 1 aliphatic rings. The molecule has 0 bridgehead atoms. The van der Waals surface area contributed by atoms with Gasteiger partial charge in [0, 0.05) is 30.5 Å². The van der Waals surface area contributed by atoms with E-state index < -0.39 is 6.04 Å². The van der Waals surface area contributed by atoms with Gasteiger partial charge < -0.3 is 10.1 Å². The lowest BCUT2D eigenvalue weighted by atomic mass is 9.91. The molecule has 0 spiro atoms. The Labute approximate surface area is 161 Å². The molecule has 1 aliphatic heterocycles. The fraction of sp³-hybridized carbons (Fsp3) is 0.476. The Morgan fingerprint density at radius 1 is 1.37 bits per heavy atom. The van der Waals surface area contributed by atoms with Crippen molar-refractivity contribution in [1.82, 2.24) is 20.1 Å². The standard InChI is InChI=1S/C21H29N5O/c1-4-19(14-27)23-21-11-20(24-25-21)13-26-7-5-6-17(12-26)10-18-8-15(2)22-16(3)9-18/h4,8-9,11,14,17,19H,1,5-7,10,12-13H2,2-3H3,(H2,23,24,25)/t17-,19?/m1/s1. The second-order valence-electron chi connectivity index (χ2n) is 7.53. The van der Waals surface area contributed by atoms with Crippen molar-refractivity contribution in [3.63, 3.8) is 0 Å². The van der Waals surface area contributed by atoms with Crippen LogP contribution in [0.15, 0.2) is 30.9 Å². The first-order chi connectivity index (χ1) is 13.1. The van der Waals surface area contributed by atoms with Gasteiger partial charge in [0.1, 0.15) is 18.1 Å². The number of aromatic amines is 1. The summed E-state index contributed by atoms with van der Waals surface area (Å²) in [5.74, 6) is 1.35. The van der Waals surface area contributed by atoms with Gasteiger partial charge in [-0.15, -0.1) is 6.58 Å². The number of hydrogen-bond acceptors (Lipinski definition) is 5. The van der Waals surface area contributed by atoms with Crippen LogP contribution in [-0.4, -0.2) is 45.5 Å². The number of hydrogen-bond donors (Lipinski definition) is 2. The van der Waals surface area contributed by atoms with Crippen LogP contribution in [0.3, 0.4) is 0 Å². The van der Waals surface area contributed by atoms with Crippen molar-refractivity contribution in [2.45, 2.75) is 45.7 Å². The first kappa shape index (κ1) is 19.3. The van der Waals surface area contributed by atoms with Crippen molar-refractivity contribution in [3.8, 4) is 0 Å². The lowest BCUT2D eigenvalue weighted by molar-refractivity contribution is -0.107. The van der Waals surface area contributed by atoms with E-state index in [0.29, 0.717) is 11.7 Å². The molecule has 1 unspecified atom stereocenters. The SMILES string of the molecule is C=CC(C=O)Nc1cc(CN2CCC[C@H](Cc3cc(C)nc(C)c3)C2)[nH]n1. The van der Waals surface area contributed by atoms with Gasteiger partial charge in [-0.25, -0.2) is 0 Å². The van der Waals surface area contributed by atoms with Crippen LogP contribution in [0.2, 0.25) is 0 Å². The third-order valence-electron chi connectivity index (χ3n) is 5.01. The molecule has 3 rings (SSSR count). The monoisotopic (exact) mass is 367 g/mol. The summed E-state index contributed by atoms with van der Waals surface area (Å²) >= 11 is 0. The van der Waals surface area contributed by atoms with Crippen molar-refractivity contribution in [2.24, 2.45) is 5.92 Å². The molecular weight excluding hydrogens is 338 g/mol. The van der Waals surface area contributed by atoms with Crippen molar-refractivity contribution in [3.05, 3.63) is 53.5 Å². The first-order valence-electron chi connectivity index (χ1n) is 9.61. The topological polar surface area (TPSA) is 73.9 Å². The summed E-state index contributed by atoms with van der Waals surface area (Å²) in [6, 6.07) is 5.98. The number of carbonyl (C=O) groups excluding carboxylic acids is 1. The number of aromatic nitrogens is 3. The number of H-pyrrole nitrogens is 1. The van der Waals surface area contributed by atoms with Gasteiger partial charge in [-0.2, -0.15) is 5.10 Å². The van der Waals surface area contributed by atoms with Crippen LogP contribution in [0.25, 0.3) is 0 Å². The quantitative estimate of drug-likeness (QED) is 0.554. The van der Waals surface area contributed by atoms with Gasteiger partial charge >= 0.3 is 0 Å². The van der Waals surface area contributed by atoms with Crippen LogP contribution in [0.5, 0.6) is 0 Å². The van der Waals surface area contributed by atoms with E-state index in [-0.39, 0.29) is 0 Å². The van der Waals surface area contributed by atoms with E-state index in [1.54, 1.807) is 6.08 Å². The number of aldehydes is 1. The van der Waals surface area contributed by atoms with Gasteiger partial charge in [0.15, 0.2) is 0 Å². The molecule has 2 aromatic heterocycles. The van der Waals surface area contributed by atoms with E-state index in [2.05, 4.69) is 58.0 Å². The Balaban J connectivity index is 1.56. The van der Waals surface area contributed by atoms with Crippen LogP contribution >= 0.6 is 0 Å². The van der Waals surface area contributed by atoms with E-state index in [1.165, 1.54) is 18.4 Å². The number of anilines is 1. The van der Waals surface area contributed by atoms with E-state index in [9.17, 15) is 4.79 Å². The molecule has 2 atom stereocenters. The maximum Gasteiger partial charge on any atom is 0.148 e. The molecule has 0 aromatic carbocycles. The average molecular weight is 367 g/mol. The average Bonchev–Trinajstić information content (AvgIpc) is 3.06. The Hall–Kier alpha value is -2.47. The number of nitrogens with zero attached hydrogens (tertiary/aromatic N) is 3. The Kier molecular flexibility index (Phi) is 6.40. The number of carbonyl (C=O) groups is 1. The number of pyridine rings is 1. The van der Waals surface area contributed by atoms with Crippen molar-refractivity contribution in [2.75, 3.05) is 18.4 Å². The van der Waals surface area contributed by atoms with Crippen LogP contribution in [0.4, 0.5) is 5.82 Å². The van der Waals surface area contributed by atoms with Crippen molar-refractivity contribution < 1.29 is 4.79 Å². The van der Waals surface area contributed by atoms with Gasteiger partial charge in [-0.05, 0) is 63.3 Å². The summed E-state index contributed by atoms with van der Waals surface area (Å²) in [7, 11) is 0. The summed E-state index contributed by atoms with van der Waals surface area (Å²) in [5, 5.41) is 10.4. The van der Waals surface area contributed by atoms with Gasteiger partial charge in [0.25, 0.3) is 0 Å². The lowest BCUT2D eigenvalue weighted by Gasteiger charge is -2.32. The molecule has 144 valence electrons. The minimum absolute atomic E-state index is 0.409. The molecule has 6 heteroatoms. The van der Waals surface area contributed by atoms with E-state index in [0.717, 1.165) is 49.4 Å². The molecule has 0 amide bonds. The maximum absolute atomic E-state index is 10.9. The Morgan fingerprint density at radius 2 is 2.15 bits per heavy atom. The highest BCUT2D eigenvalue weighted by atomic mass is 16.1. The minimum atomic E-state index is -0.409. The third kappa shape index (κ3) is 5.50. The van der Waals surface area contributed by atoms with Crippen molar-refractivity contribution in [1.29, 1.82) is 0 Å². The van der Waals surface area contributed by atoms with Gasteiger partial charge in [-0.3, -0.25) is 15.0 Å². The van der Waals surface area contributed by atoms with Crippen LogP contribution in [-0.2, 0) is 17.8 Å². The summed E-state index contributed by atoms with van der Waals surface area (Å²) in [4.78, 5) is 17.9. The van der Waals surface area contributed by atoms with Crippen LogP contribution in [0, 0.1) is 19.8 Å². The summed E-state index contributed by atoms with van der Waals surface area (Å²) in [5.41, 5.74) is 4.65. The van der Waals surface area contributed by atoms with E-state index in [1.807, 2.05) is 6.07 Å². The Bertz CT molecular complexity index is 756.